The number of aromatic nitrogens is 3. The zero-order valence-electron chi connectivity index (χ0n) is 23.1. The van der Waals surface area contributed by atoms with Gasteiger partial charge in [0.1, 0.15) is 0 Å². The van der Waals surface area contributed by atoms with Crippen molar-refractivity contribution >= 4 is 44.2 Å². The van der Waals surface area contributed by atoms with E-state index in [1.807, 2.05) is 12.1 Å². The summed E-state index contributed by atoms with van der Waals surface area (Å²) in [7, 11) is -3.86. The summed E-state index contributed by atoms with van der Waals surface area (Å²) in [6.07, 6.45) is 6.95. The molecule has 1 fully saturated rings. The lowest BCUT2D eigenvalue weighted by atomic mass is 9.91. The first-order valence-electron chi connectivity index (χ1n) is 14.0. The minimum absolute atomic E-state index is 0.0791. The van der Waals surface area contributed by atoms with Crippen LogP contribution in [-0.2, 0) is 16.6 Å². The van der Waals surface area contributed by atoms with Gasteiger partial charge in [0, 0.05) is 47.9 Å². The molecule has 0 spiro atoms. The summed E-state index contributed by atoms with van der Waals surface area (Å²) in [6, 6.07) is 22.5. The average Bonchev–Trinajstić information content (AvgIpc) is 3.42. The fourth-order valence-electron chi connectivity index (χ4n) is 5.56. The van der Waals surface area contributed by atoms with Gasteiger partial charge >= 0.3 is 0 Å². The summed E-state index contributed by atoms with van der Waals surface area (Å²) < 4.78 is 28.4. The smallest absolute Gasteiger partial charge is 0.269 e. The number of nitrogens with zero attached hydrogens (tertiary/aromatic N) is 4. The average molecular weight is 617 g/mol. The second kappa shape index (κ2) is 12.1. The van der Waals surface area contributed by atoms with Crippen LogP contribution in [0, 0.1) is 10.1 Å². The summed E-state index contributed by atoms with van der Waals surface area (Å²) in [5.41, 5.74) is 2.63. The highest BCUT2D eigenvalue weighted by Gasteiger charge is 2.25. The van der Waals surface area contributed by atoms with Crippen molar-refractivity contribution in [3.8, 4) is 11.3 Å². The van der Waals surface area contributed by atoms with E-state index in [1.165, 1.54) is 22.3 Å². The van der Waals surface area contributed by atoms with Crippen LogP contribution in [0.25, 0.3) is 22.2 Å². The van der Waals surface area contributed by atoms with Gasteiger partial charge in [0.2, 0.25) is 5.95 Å². The van der Waals surface area contributed by atoms with Gasteiger partial charge in [-0.15, -0.1) is 0 Å². The molecule has 0 aliphatic heterocycles. The Bertz CT molecular complexity index is 1880. The van der Waals surface area contributed by atoms with Crippen molar-refractivity contribution in [2.24, 2.45) is 0 Å². The van der Waals surface area contributed by atoms with E-state index in [2.05, 4.69) is 15.6 Å². The van der Waals surface area contributed by atoms with Crippen LogP contribution >= 0.6 is 11.6 Å². The second-order valence-electron chi connectivity index (χ2n) is 10.6. The van der Waals surface area contributed by atoms with Crippen LogP contribution in [0.15, 0.2) is 96.2 Å². The Morgan fingerprint density at radius 2 is 1.70 bits per heavy atom. The van der Waals surface area contributed by atoms with E-state index in [1.54, 1.807) is 60.8 Å². The van der Waals surface area contributed by atoms with E-state index < -0.39 is 14.9 Å². The molecule has 1 saturated carbocycles. The van der Waals surface area contributed by atoms with Gasteiger partial charge in [-0.1, -0.05) is 60.1 Å². The number of halogens is 1. The number of nitrogens with one attached hydrogen (secondary N) is 2. The number of rotatable bonds is 9. The first-order valence-corrected chi connectivity index (χ1v) is 15.8. The number of para-hydroxylation sites is 1. The van der Waals surface area contributed by atoms with Gasteiger partial charge < -0.3 is 10.6 Å². The van der Waals surface area contributed by atoms with Gasteiger partial charge in [0.05, 0.1) is 32.2 Å². The van der Waals surface area contributed by atoms with Crippen LogP contribution in [0.1, 0.15) is 31.2 Å². The number of hydrogen-bond donors (Lipinski definition) is 2. The van der Waals surface area contributed by atoms with Crippen molar-refractivity contribution in [1.82, 2.24) is 19.3 Å². The first-order chi connectivity index (χ1) is 20.8. The van der Waals surface area contributed by atoms with Crippen molar-refractivity contribution in [3.05, 3.63) is 112 Å². The maximum Gasteiger partial charge on any atom is 0.269 e. The summed E-state index contributed by atoms with van der Waals surface area (Å²) in [4.78, 5) is 19.9. The number of hydrogen-bond acceptors (Lipinski definition) is 8. The standard InChI is InChI=1S/C31H29ClN6O4S/c32-28-19-34-31(35-23-8-6-7-22(17-23)33-18-21-13-15-24(16-14-21)38(39)40)36-30(28)27-20-37(29-12-5-4-11-26(27)29)43(41,42)25-9-2-1-3-10-25/h1-5,9-16,19-20,22-23,33H,6-8,17-18H2,(H,34,35,36). The Morgan fingerprint density at radius 3 is 2.47 bits per heavy atom. The number of anilines is 1. The van der Waals surface area contributed by atoms with Gasteiger partial charge in [-0.2, -0.15) is 0 Å². The van der Waals surface area contributed by atoms with Crippen molar-refractivity contribution in [3.63, 3.8) is 0 Å². The van der Waals surface area contributed by atoms with Gasteiger partial charge in [-0.25, -0.2) is 22.4 Å². The summed E-state index contributed by atoms with van der Waals surface area (Å²) in [5, 5.41) is 19.0. The van der Waals surface area contributed by atoms with Gasteiger partial charge in [-0.3, -0.25) is 10.1 Å². The minimum Gasteiger partial charge on any atom is -0.351 e. The Labute approximate surface area is 254 Å². The number of benzene rings is 3. The number of nitro groups is 1. The first kappa shape index (κ1) is 28.8. The van der Waals surface area contributed by atoms with E-state index in [4.69, 9.17) is 16.6 Å². The number of non-ortho nitro benzene ring substituents is 1. The van der Waals surface area contributed by atoms with Crippen LogP contribution in [-0.4, -0.2) is 39.4 Å². The predicted molar refractivity (Wildman–Crippen MR) is 167 cm³/mol. The Morgan fingerprint density at radius 1 is 0.977 bits per heavy atom. The van der Waals surface area contributed by atoms with Gasteiger partial charge in [-0.05, 0) is 49.4 Å². The van der Waals surface area contributed by atoms with E-state index >= 15 is 0 Å². The summed E-state index contributed by atoms with van der Waals surface area (Å²) in [6.45, 7) is 0.618. The molecule has 2 unspecified atom stereocenters. The molecule has 0 bridgehead atoms. The van der Waals surface area contributed by atoms with Crippen molar-refractivity contribution in [1.29, 1.82) is 0 Å². The fraction of sp³-hybridized carbons (Fsp3) is 0.226. The van der Waals surface area contributed by atoms with E-state index in [0.29, 0.717) is 39.7 Å². The summed E-state index contributed by atoms with van der Waals surface area (Å²) in [5.74, 6) is 0.420. The minimum atomic E-state index is -3.86. The largest absolute Gasteiger partial charge is 0.351 e. The lowest BCUT2D eigenvalue weighted by Crippen LogP contribution is -2.38. The molecule has 0 amide bonds. The SMILES string of the molecule is O=[N+]([O-])c1ccc(CNC2CCCC(Nc3ncc(Cl)c(-c4cn(S(=O)(=O)c5ccccc5)c5ccccc45)n3)C2)cc1. The van der Waals surface area contributed by atoms with Crippen molar-refractivity contribution in [2.45, 2.75) is 49.2 Å². The molecule has 2 atom stereocenters. The van der Waals surface area contributed by atoms with E-state index in [9.17, 15) is 18.5 Å². The summed E-state index contributed by atoms with van der Waals surface area (Å²) >= 11 is 6.61. The van der Waals surface area contributed by atoms with Crippen LogP contribution < -0.4 is 10.6 Å². The molecule has 5 aromatic rings. The van der Waals surface area contributed by atoms with Crippen molar-refractivity contribution < 1.29 is 13.3 Å². The maximum atomic E-state index is 13.6. The van der Waals surface area contributed by atoms with Gasteiger partial charge in [0.25, 0.3) is 15.7 Å². The highest BCUT2D eigenvalue weighted by Crippen LogP contribution is 2.36. The predicted octanol–water partition coefficient (Wildman–Crippen LogP) is 6.41. The molecule has 2 aromatic heterocycles. The zero-order chi connectivity index (χ0) is 30.0. The second-order valence-corrected chi connectivity index (χ2v) is 12.8. The molecule has 0 saturated heterocycles. The molecule has 1 aliphatic rings. The van der Waals surface area contributed by atoms with Crippen LogP contribution in [0.2, 0.25) is 5.02 Å². The topological polar surface area (TPSA) is 132 Å². The third-order valence-electron chi connectivity index (χ3n) is 7.73. The molecule has 0 radical (unpaired) electrons. The van der Waals surface area contributed by atoms with E-state index in [0.717, 1.165) is 31.2 Å². The molecule has 6 rings (SSSR count). The quantitative estimate of drug-likeness (QED) is 0.143. The molecule has 12 heteroatoms. The Kier molecular flexibility index (Phi) is 8.11. The molecule has 2 heterocycles. The Balaban J connectivity index is 1.21. The van der Waals surface area contributed by atoms with Crippen LogP contribution in [0.4, 0.5) is 11.6 Å². The molecular formula is C31H29ClN6O4S. The highest BCUT2D eigenvalue weighted by atomic mass is 35.5. The van der Waals surface area contributed by atoms with Crippen molar-refractivity contribution in [2.75, 3.05) is 5.32 Å². The van der Waals surface area contributed by atoms with Gasteiger partial charge in [0.15, 0.2) is 0 Å². The highest BCUT2D eigenvalue weighted by molar-refractivity contribution is 7.90. The molecule has 10 nitrogen and oxygen atoms in total. The normalized spacial score (nSPS) is 17.1. The maximum absolute atomic E-state index is 13.6. The monoisotopic (exact) mass is 616 g/mol. The lowest BCUT2D eigenvalue weighted by Gasteiger charge is -2.30. The zero-order valence-corrected chi connectivity index (χ0v) is 24.6. The fourth-order valence-corrected chi connectivity index (χ4v) is 7.14. The number of fused-ring (bicyclic) bond motifs is 1. The third kappa shape index (κ3) is 6.10. The molecule has 43 heavy (non-hydrogen) atoms. The number of nitro benzene ring substituents is 1. The van der Waals surface area contributed by atoms with Crippen LogP contribution in [0.5, 0.6) is 0 Å². The molecule has 220 valence electrons. The molecule has 2 N–H and O–H groups in total. The lowest BCUT2D eigenvalue weighted by molar-refractivity contribution is -0.384. The molecular weight excluding hydrogens is 588 g/mol. The van der Waals surface area contributed by atoms with Crippen LogP contribution in [0.3, 0.4) is 0 Å². The Hall–Kier alpha value is -4.32. The van der Waals surface area contributed by atoms with E-state index in [-0.39, 0.29) is 22.7 Å². The molecule has 1 aliphatic carbocycles. The third-order valence-corrected chi connectivity index (χ3v) is 9.69. The molecule has 3 aromatic carbocycles.